The number of ether oxygens (including phenoxy) is 4. The van der Waals surface area contributed by atoms with Crippen molar-refractivity contribution in [1.29, 1.82) is 0 Å². The monoisotopic (exact) mass is 666 g/mol. The average molecular weight is 667 g/mol. The smallest absolute Gasteiger partial charge is 0.338 e. The summed E-state index contributed by atoms with van der Waals surface area (Å²) in [5.41, 5.74) is 7.84. The molecule has 0 N–H and O–H groups in total. The van der Waals surface area contributed by atoms with E-state index in [1.165, 1.54) is 39.8 Å². The highest BCUT2D eigenvalue weighted by Gasteiger charge is 2.25. The van der Waals surface area contributed by atoms with Gasteiger partial charge in [0.05, 0.1) is 0 Å². The standard InChI is InChI=1S/C42H34O8/c1-22(2)39(43)47-29-12-16-31(37(20-29)49-41(45)24(5)6)27-10-14-33-34-15-11-28(19-36(34)26(9)35(33)18-27)32-17-13-30(48-40(44)23(3)4)21-38(32)50-42(46)25(7)8/h10-21H,1,3,5,7,9H2,2,4,6,8H3. The molecule has 0 aliphatic heterocycles. The molecule has 0 fully saturated rings. The van der Waals surface area contributed by atoms with Gasteiger partial charge in [-0.1, -0.05) is 57.2 Å². The van der Waals surface area contributed by atoms with E-state index < -0.39 is 23.9 Å². The Kier molecular flexibility index (Phi) is 9.67. The molecule has 0 radical (unpaired) electrons. The van der Waals surface area contributed by atoms with Gasteiger partial charge in [-0.05, 0) is 103 Å². The van der Waals surface area contributed by atoms with Crippen LogP contribution in [0.3, 0.4) is 0 Å². The van der Waals surface area contributed by atoms with E-state index >= 15 is 0 Å². The summed E-state index contributed by atoms with van der Waals surface area (Å²) in [7, 11) is 0. The largest absolute Gasteiger partial charge is 0.423 e. The second-order valence-corrected chi connectivity index (χ2v) is 12.0. The van der Waals surface area contributed by atoms with Crippen LogP contribution in [-0.4, -0.2) is 23.9 Å². The Balaban J connectivity index is 1.53. The molecule has 0 unspecified atom stereocenters. The Bertz CT molecular complexity index is 2060. The van der Waals surface area contributed by atoms with Crippen molar-refractivity contribution < 1.29 is 38.1 Å². The van der Waals surface area contributed by atoms with Crippen molar-refractivity contribution in [2.45, 2.75) is 27.7 Å². The fourth-order valence-corrected chi connectivity index (χ4v) is 5.08. The Labute approximate surface area is 290 Å². The van der Waals surface area contributed by atoms with E-state index in [2.05, 4.69) is 32.9 Å². The van der Waals surface area contributed by atoms with Crippen molar-refractivity contribution in [3.8, 4) is 56.4 Å². The number of hydrogen-bond donors (Lipinski definition) is 0. The van der Waals surface area contributed by atoms with Crippen LogP contribution in [0.1, 0.15) is 38.8 Å². The minimum atomic E-state index is -0.629. The Hall–Kier alpha value is -6.54. The number of rotatable bonds is 10. The SMILES string of the molecule is C=C(C)C(=O)Oc1ccc(-c2ccc3c(c2)C(=C)c2cc(-c4ccc(OC(=O)C(=C)C)cc4OC(=O)C(=C)C)ccc2-3)c(OC(=O)C(=C)C)c1. The van der Waals surface area contributed by atoms with Crippen molar-refractivity contribution in [3.05, 3.63) is 139 Å². The van der Waals surface area contributed by atoms with Crippen LogP contribution in [0.25, 0.3) is 39.0 Å². The van der Waals surface area contributed by atoms with Gasteiger partial charge in [-0.25, -0.2) is 19.2 Å². The van der Waals surface area contributed by atoms with Crippen molar-refractivity contribution in [2.75, 3.05) is 0 Å². The zero-order chi connectivity index (χ0) is 36.4. The second-order valence-electron chi connectivity index (χ2n) is 12.0. The van der Waals surface area contributed by atoms with Crippen LogP contribution in [0, 0.1) is 0 Å². The van der Waals surface area contributed by atoms with E-state index in [0.717, 1.165) is 39.0 Å². The van der Waals surface area contributed by atoms with Gasteiger partial charge in [-0.3, -0.25) is 0 Å². The Morgan fingerprint density at radius 2 is 0.740 bits per heavy atom. The predicted molar refractivity (Wildman–Crippen MR) is 193 cm³/mol. The van der Waals surface area contributed by atoms with E-state index in [-0.39, 0.29) is 45.3 Å². The first-order valence-electron chi connectivity index (χ1n) is 15.4. The molecule has 0 saturated carbocycles. The summed E-state index contributed by atoms with van der Waals surface area (Å²) in [6, 6.07) is 21.2. The Morgan fingerprint density at radius 1 is 0.420 bits per heavy atom. The van der Waals surface area contributed by atoms with E-state index in [1.807, 2.05) is 36.4 Å². The van der Waals surface area contributed by atoms with Crippen LogP contribution in [0.15, 0.2) is 128 Å². The molecule has 0 amide bonds. The molecule has 0 aromatic heterocycles. The summed E-state index contributed by atoms with van der Waals surface area (Å²) in [6.07, 6.45) is 0. The van der Waals surface area contributed by atoms with Crippen molar-refractivity contribution >= 4 is 29.5 Å². The molecule has 8 nitrogen and oxygen atoms in total. The van der Waals surface area contributed by atoms with Gasteiger partial charge in [-0.15, -0.1) is 0 Å². The maximum atomic E-state index is 12.6. The molecule has 5 rings (SSSR count). The second kappa shape index (κ2) is 13.9. The molecule has 0 bridgehead atoms. The fraction of sp³-hybridized carbons (Fsp3) is 0.0952. The number of esters is 4. The van der Waals surface area contributed by atoms with Gasteiger partial charge in [0.2, 0.25) is 0 Å². The average Bonchev–Trinajstić information content (AvgIpc) is 3.34. The van der Waals surface area contributed by atoms with Gasteiger partial charge >= 0.3 is 23.9 Å². The van der Waals surface area contributed by atoms with E-state index in [1.54, 1.807) is 24.3 Å². The molecular formula is C42H34O8. The van der Waals surface area contributed by atoms with Gasteiger partial charge < -0.3 is 18.9 Å². The molecule has 1 aliphatic rings. The van der Waals surface area contributed by atoms with Gasteiger partial charge in [0.25, 0.3) is 0 Å². The Morgan fingerprint density at radius 3 is 1.08 bits per heavy atom. The number of carbonyl (C=O) groups is 4. The summed E-state index contributed by atoms with van der Waals surface area (Å²) in [5.74, 6) is -1.73. The lowest BCUT2D eigenvalue weighted by Crippen LogP contribution is -2.11. The fourth-order valence-electron chi connectivity index (χ4n) is 5.08. The maximum Gasteiger partial charge on any atom is 0.338 e. The number of fused-ring (bicyclic) bond motifs is 3. The first kappa shape index (κ1) is 34.8. The highest BCUT2D eigenvalue weighted by atomic mass is 16.6. The molecular weight excluding hydrogens is 632 g/mol. The molecule has 0 saturated heterocycles. The molecule has 0 atom stereocenters. The summed E-state index contributed by atoms with van der Waals surface area (Å²) in [5, 5.41) is 0. The topological polar surface area (TPSA) is 105 Å². The molecule has 4 aromatic carbocycles. The van der Waals surface area contributed by atoms with Gasteiger partial charge in [0, 0.05) is 45.6 Å². The van der Waals surface area contributed by atoms with Crippen molar-refractivity contribution in [2.24, 2.45) is 0 Å². The van der Waals surface area contributed by atoms with Crippen LogP contribution < -0.4 is 18.9 Å². The van der Waals surface area contributed by atoms with Gasteiger partial charge in [0.15, 0.2) is 0 Å². The lowest BCUT2D eigenvalue weighted by molar-refractivity contribution is -0.131. The first-order chi connectivity index (χ1) is 23.6. The van der Waals surface area contributed by atoms with E-state index in [9.17, 15) is 19.2 Å². The van der Waals surface area contributed by atoms with Crippen LogP contribution in [0.5, 0.6) is 23.0 Å². The molecule has 250 valence electrons. The van der Waals surface area contributed by atoms with Crippen molar-refractivity contribution in [3.63, 3.8) is 0 Å². The maximum absolute atomic E-state index is 12.6. The number of carbonyl (C=O) groups excluding carboxylic acids is 4. The summed E-state index contributed by atoms with van der Waals surface area (Å²) in [6.45, 7) is 25.1. The molecule has 4 aromatic rings. The number of hydrogen-bond acceptors (Lipinski definition) is 8. The normalized spacial score (nSPS) is 11.1. The van der Waals surface area contributed by atoms with Gasteiger partial charge in [0.1, 0.15) is 23.0 Å². The van der Waals surface area contributed by atoms with Crippen LogP contribution >= 0.6 is 0 Å². The third kappa shape index (κ3) is 7.15. The lowest BCUT2D eigenvalue weighted by atomic mass is 9.97. The predicted octanol–water partition coefficient (Wildman–Crippen LogP) is 8.99. The van der Waals surface area contributed by atoms with Crippen LogP contribution in [0.2, 0.25) is 0 Å². The summed E-state index contributed by atoms with van der Waals surface area (Å²) in [4.78, 5) is 49.5. The summed E-state index contributed by atoms with van der Waals surface area (Å²) < 4.78 is 22.1. The van der Waals surface area contributed by atoms with Crippen LogP contribution in [-0.2, 0) is 19.2 Å². The third-order valence-electron chi connectivity index (χ3n) is 7.73. The lowest BCUT2D eigenvalue weighted by Gasteiger charge is -2.14. The van der Waals surface area contributed by atoms with Crippen LogP contribution in [0.4, 0.5) is 0 Å². The molecule has 8 heteroatoms. The number of benzene rings is 4. The van der Waals surface area contributed by atoms with E-state index in [4.69, 9.17) is 18.9 Å². The van der Waals surface area contributed by atoms with Crippen molar-refractivity contribution in [1.82, 2.24) is 0 Å². The quantitative estimate of drug-likeness (QED) is 0.0826. The minimum absolute atomic E-state index is 0.183. The molecule has 1 aliphatic carbocycles. The minimum Gasteiger partial charge on any atom is -0.423 e. The first-order valence-corrected chi connectivity index (χ1v) is 15.4. The molecule has 0 spiro atoms. The summed E-state index contributed by atoms with van der Waals surface area (Å²) >= 11 is 0. The van der Waals surface area contributed by atoms with Gasteiger partial charge in [-0.2, -0.15) is 0 Å². The highest BCUT2D eigenvalue weighted by molar-refractivity contribution is 6.03. The highest BCUT2D eigenvalue weighted by Crippen LogP contribution is 2.48. The molecule has 0 heterocycles. The van der Waals surface area contributed by atoms with E-state index in [0.29, 0.717) is 11.1 Å². The molecule has 50 heavy (non-hydrogen) atoms. The third-order valence-corrected chi connectivity index (χ3v) is 7.73. The zero-order valence-electron chi connectivity index (χ0n) is 28.2. The zero-order valence-corrected chi connectivity index (χ0v) is 28.2.